The zero-order valence-electron chi connectivity index (χ0n) is 8.31. The van der Waals surface area contributed by atoms with Crippen molar-refractivity contribution in [3.63, 3.8) is 0 Å². The SMILES string of the molecule is CC(CO)(CO)CC(=O)CC(O)CO. The van der Waals surface area contributed by atoms with E-state index < -0.39 is 18.1 Å². The molecule has 0 heterocycles. The third-order valence-electron chi connectivity index (χ3n) is 2.06. The van der Waals surface area contributed by atoms with Gasteiger partial charge in [-0.1, -0.05) is 6.92 Å². The highest BCUT2D eigenvalue weighted by Crippen LogP contribution is 2.20. The smallest absolute Gasteiger partial charge is 0.136 e. The minimum absolute atomic E-state index is 0.00292. The Bertz CT molecular complexity index is 176. The molecule has 0 rings (SSSR count). The van der Waals surface area contributed by atoms with E-state index in [0.717, 1.165) is 0 Å². The van der Waals surface area contributed by atoms with Crippen LogP contribution in [0.2, 0.25) is 0 Å². The second-order valence-electron chi connectivity index (χ2n) is 3.88. The Labute approximate surface area is 83.0 Å². The van der Waals surface area contributed by atoms with Crippen LogP contribution in [-0.4, -0.2) is 52.1 Å². The number of hydrogen-bond donors (Lipinski definition) is 4. The van der Waals surface area contributed by atoms with E-state index in [2.05, 4.69) is 0 Å². The first-order chi connectivity index (χ1) is 6.47. The molecule has 0 bridgehead atoms. The summed E-state index contributed by atoms with van der Waals surface area (Å²) >= 11 is 0. The molecular formula is C9H18O5. The van der Waals surface area contributed by atoms with Crippen molar-refractivity contribution in [3.8, 4) is 0 Å². The highest BCUT2D eigenvalue weighted by atomic mass is 16.3. The Morgan fingerprint density at radius 3 is 2.14 bits per heavy atom. The first-order valence-electron chi connectivity index (χ1n) is 4.50. The number of aliphatic hydroxyl groups is 4. The van der Waals surface area contributed by atoms with Gasteiger partial charge in [0.1, 0.15) is 5.78 Å². The molecule has 84 valence electrons. The summed E-state index contributed by atoms with van der Waals surface area (Å²) in [5, 5.41) is 35.3. The van der Waals surface area contributed by atoms with E-state index in [1.807, 2.05) is 0 Å². The molecule has 0 aliphatic rings. The van der Waals surface area contributed by atoms with Crippen molar-refractivity contribution >= 4 is 5.78 Å². The second-order valence-corrected chi connectivity index (χ2v) is 3.88. The predicted molar refractivity (Wildman–Crippen MR) is 49.6 cm³/mol. The lowest BCUT2D eigenvalue weighted by molar-refractivity contribution is -0.125. The van der Waals surface area contributed by atoms with E-state index in [1.165, 1.54) is 0 Å². The predicted octanol–water partition coefficient (Wildman–Crippen LogP) is -1.32. The van der Waals surface area contributed by atoms with Gasteiger partial charge in [0.25, 0.3) is 0 Å². The molecule has 0 fully saturated rings. The second kappa shape index (κ2) is 6.08. The molecule has 0 aromatic heterocycles. The summed E-state index contributed by atoms with van der Waals surface area (Å²) in [5.41, 5.74) is -0.841. The maximum absolute atomic E-state index is 11.3. The number of Topliss-reactive ketones (excluding diaryl/α,β-unsaturated/α-hetero) is 1. The van der Waals surface area contributed by atoms with Gasteiger partial charge in [-0.3, -0.25) is 4.79 Å². The molecule has 1 unspecified atom stereocenters. The fourth-order valence-electron chi connectivity index (χ4n) is 1.04. The van der Waals surface area contributed by atoms with Crippen LogP contribution in [0.25, 0.3) is 0 Å². The molecular weight excluding hydrogens is 188 g/mol. The lowest BCUT2D eigenvalue weighted by atomic mass is 9.85. The molecule has 0 aromatic carbocycles. The minimum atomic E-state index is -1.05. The van der Waals surface area contributed by atoms with Crippen LogP contribution in [-0.2, 0) is 4.79 Å². The Balaban J connectivity index is 4.04. The van der Waals surface area contributed by atoms with Gasteiger partial charge in [0.15, 0.2) is 0 Å². The highest BCUT2D eigenvalue weighted by molar-refractivity contribution is 5.79. The molecule has 0 saturated carbocycles. The van der Waals surface area contributed by atoms with Gasteiger partial charge in [0.2, 0.25) is 0 Å². The zero-order chi connectivity index (χ0) is 11.2. The van der Waals surface area contributed by atoms with Crippen molar-refractivity contribution < 1.29 is 25.2 Å². The zero-order valence-corrected chi connectivity index (χ0v) is 8.31. The number of carbonyl (C=O) groups is 1. The highest BCUT2D eigenvalue weighted by Gasteiger charge is 2.26. The first-order valence-corrected chi connectivity index (χ1v) is 4.50. The number of carbonyl (C=O) groups excluding carboxylic acids is 1. The van der Waals surface area contributed by atoms with Gasteiger partial charge in [-0.25, -0.2) is 0 Å². The Morgan fingerprint density at radius 2 is 1.79 bits per heavy atom. The van der Waals surface area contributed by atoms with Crippen LogP contribution < -0.4 is 0 Å². The molecule has 0 aromatic rings. The van der Waals surface area contributed by atoms with Crippen LogP contribution in [0.3, 0.4) is 0 Å². The average molecular weight is 206 g/mol. The summed E-state index contributed by atoms with van der Waals surface area (Å²) in [4.78, 5) is 11.3. The molecule has 0 aliphatic carbocycles. The van der Waals surface area contributed by atoms with Crippen molar-refractivity contribution in [1.29, 1.82) is 0 Å². The maximum atomic E-state index is 11.3. The molecule has 5 nitrogen and oxygen atoms in total. The number of aliphatic hydroxyl groups excluding tert-OH is 4. The standard InChI is InChI=1S/C9H18O5/c1-9(5-11,6-12)3-7(13)2-8(14)4-10/h8,10-12,14H,2-6H2,1H3. The molecule has 0 spiro atoms. The molecule has 14 heavy (non-hydrogen) atoms. The van der Waals surface area contributed by atoms with Crippen LogP contribution in [0.1, 0.15) is 19.8 Å². The van der Waals surface area contributed by atoms with Crippen molar-refractivity contribution in [2.24, 2.45) is 5.41 Å². The van der Waals surface area contributed by atoms with Crippen molar-refractivity contribution in [1.82, 2.24) is 0 Å². The average Bonchev–Trinajstić information content (AvgIpc) is 2.17. The topological polar surface area (TPSA) is 98.0 Å². The van der Waals surface area contributed by atoms with Crippen LogP contribution in [0, 0.1) is 5.41 Å². The largest absolute Gasteiger partial charge is 0.396 e. The molecule has 0 saturated heterocycles. The van der Waals surface area contributed by atoms with Crippen LogP contribution in [0.15, 0.2) is 0 Å². The molecule has 1 atom stereocenters. The number of hydrogen-bond acceptors (Lipinski definition) is 5. The van der Waals surface area contributed by atoms with Gasteiger partial charge in [0, 0.05) is 18.3 Å². The Morgan fingerprint density at radius 1 is 1.29 bits per heavy atom. The molecule has 0 radical (unpaired) electrons. The fraction of sp³-hybridized carbons (Fsp3) is 0.889. The fourth-order valence-corrected chi connectivity index (χ4v) is 1.04. The van der Waals surface area contributed by atoms with Gasteiger partial charge in [-0.05, 0) is 0 Å². The van der Waals surface area contributed by atoms with Gasteiger partial charge in [-0.2, -0.15) is 0 Å². The quantitative estimate of drug-likeness (QED) is 0.414. The van der Waals surface area contributed by atoms with Crippen LogP contribution in [0.4, 0.5) is 0 Å². The summed E-state index contributed by atoms with van der Waals surface area (Å²) in [6, 6.07) is 0. The minimum Gasteiger partial charge on any atom is -0.396 e. The van der Waals surface area contributed by atoms with E-state index in [9.17, 15) is 4.79 Å². The van der Waals surface area contributed by atoms with E-state index in [0.29, 0.717) is 0 Å². The van der Waals surface area contributed by atoms with Gasteiger partial charge in [0.05, 0.1) is 25.9 Å². The third-order valence-corrected chi connectivity index (χ3v) is 2.06. The summed E-state index contributed by atoms with van der Waals surface area (Å²) in [6.07, 6.45) is -1.20. The molecule has 0 amide bonds. The summed E-state index contributed by atoms with van der Waals surface area (Å²) < 4.78 is 0. The first kappa shape index (κ1) is 13.5. The molecule has 4 N–H and O–H groups in total. The normalized spacial score (nSPS) is 14.1. The van der Waals surface area contributed by atoms with E-state index >= 15 is 0 Å². The van der Waals surface area contributed by atoms with Crippen LogP contribution >= 0.6 is 0 Å². The molecule has 0 aliphatic heterocycles. The lowest BCUT2D eigenvalue weighted by Gasteiger charge is -2.23. The van der Waals surface area contributed by atoms with Crippen molar-refractivity contribution in [2.75, 3.05) is 19.8 Å². The third kappa shape index (κ3) is 4.66. The summed E-state index contributed by atoms with van der Waals surface area (Å²) in [7, 11) is 0. The maximum Gasteiger partial charge on any atom is 0.136 e. The molecule has 5 heteroatoms. The number of ketones is 1. The van der Waals surface area contributed by atoms with Crippen molar-refractivity contribution in [2.45, 2.75) is 25.9 Å². The summed E-state index contributed by atoms with van der Waals surface area (Å²) in [6.45, 7) is 0.547. The summed E-state index contributed by atoms with van der Waals surface area (Å²) in [5.74, 6) is -0.280. The monoisotopic (exact) mass is 206 g/mol. The lowest BCUT2D eigenvalue weighted by Crippen LogP contribution is -2.30. The van der Waals surface area contributed by atoms with E-state index in [4.69, 9.17) is 20.4 Å². The number of rotatable bonds is 7. The Kier molecular flexibility index (Phi) is 5.87. The van der Waals surface area contributed by atoms with Crippen LogP contribution in [0.5, 0.6) is 0 Å². The van der Waals surface area contributed by atoms with Gasteiger partial charge < -0.3 is 20.4 Å². The van der Waals surface area contributed by atoms with Crippen molar-refractivity contribution in [3.05, 3.63) is 0 Å². The van der Waals surface area contributed by atoms with Gasteiger partial charge in [-0.15, -0.1) is 0 Å². The van der Waals surface area contributed by atoms with E-state index in [-0.39, 0.29) is 31.8 Å². The van der Waals surface area contributed by atoms with Gasteiger partial charge >= 0.3 is 0 Å². The van der Waals surface area contributed by atoms with E-state index in [1.54, 1.807) is 6.92 Å². The Hall–Kier alpha value is -0.490.